The van der Waals surface area contributed by atoms with E-state index in [-0.39, 0.29) is 17.5 Å². The Morgan fingerprint density at radius 2 is 1.97 bits per heavy atom. The van der Waals surface area contributed by atoms with Gasteiger partial charge in [-0.25, -0.2) is 4.98 Å². The van der Waals surface area contributed by atoms with Crippen LogP contribution in [0.3, 0.4) is 0 Å². The van der Waals surface area contributed by atoms with E-state index in [1.807, 2.05) is 37.4 Å². The summed E-state index contributed by atoms with van der Waals surface area (Å²) in [6.45, 7) is 1.37. The van der Waals surface area contributed by atoms with Crippen LogP contribution in [0.25, 0.3) is 11.0 Å². The lowest BCUT2D eigenvalue weighted by atomic mass is 9.85. The summed E-state index contributed by atoms with van der Waals surface area (Å²) in [7, 11) is 2.03. The summed E-state index contributed by atoms with van der Waals surface area (Å²) in [5.41, 5.74) is 1.83. The number of para-hydroxylation sites is 2. The number of amides is 1. The average Bonchev–Trinajstić information content (AvgIpc) is 3.41. The molecule has 6 nitrogen and oxygen atoms in total. The van der Waals surface area contributed by atoms with Gasteiger partial charge in [0.2, 0.25) is 5.91 Å². The van der Waals surface area contributed by atoms with Gasteiger partial charge in [0.1, 0.15) is 5.82 Å². The van der Waals surface area contributed by atoms with Crippen molar-refractivity contribution < 1.29 is 9.53 Å². The van der Waals surface area contributed by atoms with Crippen molar-refractivity contribution >= 4 is 28.7 Å². The topological polar surface area (TPSA) is 61.1 Å². The number of nitrogens with one attached hydrogen (secondary N) is 1. The fraction of sp³-hybridized carbons (Fsp3) is 0.478. The van der Waals surface area contributed by atoms with Crippen LogP contribution >= 0.6 is 11.8 Å². The first-order chi connectivity index (χ1) is 14.6. The maximum atomic E-state index is 13.3. The molecular weight excluding hydrogens is 396 g/mol. The maximum Gasteiger partial charge on any atom is 0.222 e. The van der Waals surface area contributed by atoms with Crippen LogP contribution in [0.2, 0.25) is 0 Å². The summed E-state index contributed by atoms with van der Waals surface area (Å²) in [6, 6.07) is 12.1. The molecule has 0 radical (unpaired) electrons. The fourth-order valence-corrected chi connectivity index (χ4v) is 4.92. The molecule has 1 aromatic carbocycles. The lowest BCUT2D eigenvalue weighted by Gasteiger charge is -2.38. The van der Waals surface area contributed by atoms with Crippen LogP contribution in [0.15, 0.2) is 48.8 Å². The molecule has 7 heteroatoms. The number of nitrogens with zero attached hydrogens (tertiary/aromatic N) is 3. The summed E-state index contributed by atoms with van der Waals surface area (Å²) in [6.07, 6.45) is 9.21. The number of aromatic nitrogens is 3. The van der Waals surface area contributed by atoms with Crippen molar-refractivity contribution in [3.8, 4) is 0 Å². The molecule has 3 heterocycles. The first kappa shape index (κ1) is 21.0. The third kappa shape index (κ3) is 4.27. The highest BCUT2D eigenvalue weighted by atomic mass is 32.2. The van der Waals surface area contributed by atoms with Gasteiger partial charge in [0.15, 0.2) is 0 Å². The van der Waals surface area contributed by atoms with Gasteiger partial charge in [0.05, 0.1) is 29.0 Å². The first-order valence-electron chi connectivity index (χ1n) is 10.5. The van der Waals surface area contributed by atoms with Gasteiger partial charge in [-0.05, 0) is 55.5 Å². The number of hydrogen-bond acceptors (Lipinski definition) is 4. The summed E-state index contributed by atoms with van der Waals surface area (Å²) >= 11 is 1.79. The summed E-state index contributed by atoms with van der Waals surface area (Å²) in [5.74, 6) is 1.95. The minimum atomic E-state index is -0.220. The second kappa shape index (κ2) is 9.27. The van der Waals surface area contributed by atoms with Gasteiger partial charge in [-0.15, -0.1) is 0 Å². The van der Waals surface area contributed by atoms with E-state index < -0.39 is 0 Å². The van der Waals surface area contributed by atoms with Crippen molar-refractivity contribution in [2.24, 2.45) is 7.05 Å². The van der Waals surface area contributed by atoms with Crippen molar-refractivity contribution in [3.05, 3.63) is 54.6 Å². The zero-order chi connectivity index (χ0) is 21.0. The molecule has 1 amide bonds. The van der Waals surface area contributed by atoms with E-state index in [1.54, 1.807) is 11.8 Å². The summed E-state index contributed by atoms with van der Waals surface area (Å²) < 4.78 is 9.90. The molecule has 1 fully saturated rings. The number of aryl methyl sites for hydroxylation is 1. The monoisotopic (exact) mass is 426 g/mol. The Bertz CT molecular complexity index is 976. The van der Waals surface area contributed by atoms with Gasteiger partial charge in [-0.2, -0.15) is 11.8 Å². The summed E-state index contributed by atoms with van der Waals surface area (Å²) in [5, 5.41) is 3.31. The quantitative estimate of drug-likeness (QED) is 0.594. The molecule has 0 saturated carbocycles. The molecule has 1 aliphatic heterocycles. The molecule has 1 atom stereocenters. The molecular formula is C23H30N4O2S. The SMILES string of the molecule is CSCC[C@@H](NC(=O)CC1(n2cccc2)CCOCC1)c1nc2ccccc2n1C. The van der Waals surface area contributed by atoms with Crippen LogP contribution in [0, 0.1) is 0 Å². The maximum absolute atomic E-state index is 13.3. The van der Waals surface area contributed by atoms with E-state index in [9.17, 15) is 4.79 Å². The molecule has 0 unspecified atom stereocenters. The van der Waals surface area contributed by atoms with Crippen LogP contribution in [-0.4, -0.2) is 45.2 Å². The van der Waals surface area contributed by atoms with E-state index >= 15 is 0 Å². The second-order valence-corrected chi connectivity index (χ2v) is 9.01. The van der Waals surface area contributed by atoms with Crippen LogP contribution < -0.4 is 5.32 Å². The number of imidazole rings is 1. The first-order valence-corrected chi connectivity index (χ1v) is 11.9. The second-order valence-electron chi connectivity index (χ2n) is 8.02. The number of hydrogen-bond donors (Lipinski definition) is 1. The van der Waals surface area contributed by atoms with E-state index in [1.165, 1.54) is 0 Å². The van der Waals surface area contributed by atoms with Gasteiger partial charge in [0.25, 0.3) is 0 Å². The normalized spacial score (nSPS) is 17.1. The predicted octanol–water partition coefficient (Wildman–Crippen LogP) is 3.88. The Labute approximate surface area is 182 Å². The number of carbonyl (C=O) groups excluding carboxylic acids is 1. The lowest BCUT2D eigenvalue weighted by Crippen LogP contribution is -2.44. The van der Waals surface area contributed by atoms with Crippen molar-refractivity contribution in [1.82, 2.24) is 19.4 Å². The van der Waals surface area contributed by atoms with Crippen molar-refractivity contribution in [1.29, 1.82) is 0 Å². The Morgan fingerprint density at radius 3 is 2.67 bits per heavy atom. The van der Waals surface area contributed by atoms with Crippen LogP contribution in [0.4, 0.5) is 0 Å². The molecule has 1 aliphatic rings. The Balaban J connectivity index is 1.56. The third-order valence-corrected chi connectivity index (χ3v) is 6.79. The van der Waals surface area contributed by atoms with Crippen LogP contribution in [-0.2, 0) is 22.1 Å². The molecule has 0 aliphatic carbocycles. The molecule has 1 saturated heterocycles. The van der Waals surface area contributed by atoms with Crippen molar-refractivity contribution in [3.63, 3.8) is 0 Å². The van der Waals surface area contributed by atoms with Crippen LogP contribution in [0.1, 0.15) is 37.5 Å². The zero-order valence-electron chi connectivity index (χ0n) is 17.7. The highest BCUT2D eigenvalue weighted by Crippen LogP contribution is 2.33. The number of benzene rings is 1. The molecule has 1 N–H and O–H groups in total. The molecule has 2 aromatic heterocycles. The minimum absolute atomic E-state index is 0.0729. The Morgan fingerprint density at radius 1 is 1.23 bits per heavy atom. The number of ether oxygens (including phenoxy) is 1. The van der Waals surface area contributed by atoms with E-state index in [4.69, 9.17) is 9.72 Å². The highest BCUT2D eigenvalue weighted by Gasteiger charge is 2.36. The zero-order valence-corrected chi connectivity index (χ0v) is 18.5. The molecule has 3 aromatic rings. The minimum Gasteiger partial charge on any atom is -0.381 e. The fourth-order valence-electron chi connectivity index (χ4n) is 4.45. The standard InChI is InChI=1S/C23H30N4O2S/c1-26-20-8-4-3-7-18(20)25-22(26)19(9-16-30-2)24-21(28)17-23(10-14-29-15-11-23)27-12-5-6-13-27/h3-8,12-13,19H,9-11,14-17H2,1-2H3,(H,24,28)/t19-/m1/s1. The van der Waals surface area contributed by atoms with Gasteiger partial charge in [-0.3, -0.25) is 4.79 Å². The average molecular weight is 427 g/mol. The molecule has 30 heavy (non-hydrogen) atoms. The lowest BCUT2D eigenvalue weighted by molar-refractivity contribution is -0.125. The molecule has 0 bridgehead atoms. The predicted molar refractivity (Wildman–Crippen MR) is 122 cm³/mol. The van der Waals surface area contributed by atoms with Gasteiger partial charge >= 0.3 is 0 Å². The van der Waals surface area contributed by atoms with E-state index in [0.29, 0.717) is 19.6 Å². The van der Waals surface area contributed by atoms with Crippen LogP contribution in [0.5, 0.6) is 0 Å². The molecule has 160 valence electrons. The third-order valence-electron chi connectivity index (χ3n) is 6.14. The smallest absolute Gasteiger partial charge is 0.222 e. The number of thioether (sulfide) groups is 1. The van der Waals surface area contributed by atoms with Crippen molar-refractivity contribution in [2.45, 2.75) is 37.3 Å². The van der Waals surface area contributed by atoms with Gasteiger partial charge in [0, 0.05) is 32.7 Å². The number of carbonyl (C=O) groups is 1. The number of fused-ring (bicyclic) bond motifs is 1. The Hall–Kier alpha value is -2.25. The molecule has 0 spiro atoms. The summed E-state index contributed by atoms with van der Waals surface area (Å²) in [4.78, 5) is 18.1. The Kier molecular flexibility index (Phi) is 6.49. The van der Waals surface area contributed by atoms with Gasteiger partial charge in [-0.1, -0.05) is 12.1 Å². The number of rotatable bonds is 8. The molecule has 4 rings (SSSR count). The van der Waals surface area contributed by atoms with Crippen molar-refractivity contribution in [2.75, 3.05) is 25.2 Å². The van der Waals surface area contributed by atoms with E-state index in [2.05, 4.69) is 39.2 Å². The highest BCUT2D eigenvalue weighted by molar-refractivity contribution is 7.98. The van der Waals surface area contributed by atoms with Gasteiger partial charge < -0.3 is 19.2 Å². The largest absolute Gasteiger partial charge is 0.381 e. The van der Waals surface area contributed by atoms with E-state index in [0.717, 1.165) is 41.9 Å².